The Bertz CT molecular complexity index is 302. The van der Waals surface area contributed by atoms with Crippen molar-refractivity contribution in [1.82, 2.24) is 4.98 Å². The third-order valence-electron chi connectivity index (χ3n) is 1.95. The van der Waals surface area contributed by atoms with Gasteiger partial charge in [0.15, 0.2) is 0 Å². The molecule has 1 aromatic heterocycles. The van der Waals surface area contributed by atoms with Crippen molar-refractivity contribution in [3.05, 3.63) is 23.5 Å². The highest BCUT2D eigenvalue weighted by Crippen LogP contribution is 2.19. The van der Waals surface area contributed by atoms with Crippen LogP contribution in [0.5, 0.6) is 0 Å². The fraction of sp³-hybridized carbons (Fsp3) is 0.500. The van der Waals surface area contributed by atoms with Gasteiger partial charge in [-0.05, 0) is 32.4 Å². The highest BCUT2D eigenvalue weighted by molar-refractivity contribution is 6.29. The number of anilines is 1. The smallest absolute Gasteiger partial charge is 0.131 e. The van der Waals surface area contributed by atoms with E-state index in [1.165, 1.54) is 0 Å². The van der Waals surface area contributed by atoms with Crippen LogP contribution in [0.1, 0.15) is 20.3 Å². The van der Waals surface area contributed by atoms with Crippen LogP contribution in [0.25, 0.3) is 0 Å². The van der Waals surface area contributed by atoms with E-state index in [0.717, 1.165) is 5.69 Å². The number of aliphatic hydroxyl groups is 1. The van der Waals surface area contributed by atoms with Gasteiger partial charge in [-0.25, -0.2) is 4.98 Å². The lowest BCUT2D eigenvalue weighted by atomic mass is 10.0. The predicted octanol–water partition coefficient (Wildman–Crippen LogP) is 2.31. The molecule has 0 aromatic carbocycles. The van der Waals surface area contributed by atoms with E-state index in [4.69, 9.17) is 16.7 Å². The van der Waals surface area contributed by atoms with Crippen LogP contribution in [0, 0.1) is 0 Å². The topological polar surface area (TPSA) is 45.1 Å². The molecule has 0 aliphatic carbocycles. The summed E-state index contributed by atoms with van der Waals surface area (Å²) in [7, 11) is 0. The van der Waals surface area contributed by atoms with Crippen LogP contribution in [-0.4, -0.2) is 22.2 Å². The molecule has 1 aromatic rings. The van der Waals surface area contributed by atoms with Crippen molar-refractivity contribution in [1.29, 1.82) is 0 Å². The van der Waals surface area contributed by atoms with E-state index in [1.54, 1.807) is 12.3 Å². The van der Waals surface area contributed by atoms with Crippen LogP contribution in [-0.2, 0) is 0 Å². The molecule has 0 amide bonds. The number of nitrogens with one attached hydrogen (secondary N) is 1. The molecule has 0 spiro atoms. The Morgan fingerprint density at radius 2 is 2.29 bits per heavy atom. The lowest BCUT2D eigenvalue weighted by Crippen LogP contribution is -2.31. The van der Waals surface area contributed by atoms with Crippen LogP contribution >= 0.6 is 11.6 Å². The SMILES string of the molecule is CC(C)(CCO)Nc1ccnc(Cl)c1. The first-order chi connectivity index (χ1) is 6.53. The molecular formula is C10H15ClN2O. The number of halogens is 1. The summed E-state index contributed by atoms with van der Waals surface area (Å²) in [6, 6.07) is 3.62. The predicted molar refractivity (Wildman–Crippen MR) is 58.7 cm³/mol. The van der Waals surface area contributed by atoms with E-state index >= 15 is 0 Å². The largest absolute Gasteiger partial charge is 0.396 e. The lowest BCUT2D eigenvalue weighted by molar-refractivity contribution is 0.261. The third-order valence-corrected chi connectivity index (χ3v) is 2.15. The molecular weight excluding hydrogens is 200 g/mol. The number of rotatable bonds is 4. The quantitative estimate of drug-likeness (QED) is 0.757. The van der Waals surface area contributed by atoms with E-state index < -0.39 is 0 Å². The summed E-state index contributed by atoms with van der Waals surface area (Å²) in [5, 5.41) is 12.6. The number of aliphatic hydroxyl groups excluding tert-OH is 1. The number of nitrogens with zero attached hydrogens (tertiary/aromatic N) is 1. The number of hydrogen-bond donors (Lipinski definition) is 2. The third kappa shape index (κ3) is 3.52. The number of hydrogen-bond acceptors (Lipinski definition) is 3. The molecule has 0 bridgehead atoms. The minimum atomic E-state index is -0.139. The molecule has 3 nitrogen and oxygen atoms in total. The fourth-order valence-electron chi connectivity index (χ4n) is 1.21. The first-order valence-corrected chi connectivity index (χ1v) is 4.92. The molecule has 0 saturated heterocycles. The summed E-state index contributed by atoms with van der Waals surface area (Å²) >= 11 is 5.75. The molecule has 0 radical (unpaired) electrons. The monoisotopic (exact) mass is 214 g/mol. The van der Waals surface area contributed by atoms with Crippen LogP contribution in [0.4, 0.5) is 5.69 Å². The molecule has 78 valence electrons. The van der Waals surface area contributed by atoms with Crippen LogP contribution in [0.2, 0.25) is 5.15 Å². The molecule has 0 aliphatic rings. The molecule has 0 atom stereocenters. The second-order valence-electron chi connectivity index (χ2n) is 3.85. The Hall–Kier alpha value is -0.800. The molecule has 0 saturated carbocycles. The van der Waals surface area contributed by atoms with Crippen molar-refractivity contribution in [2.45, 2.75) is 25.8 Å². The summed E-state index contributed by atoms with van der Waals surface area (Å²) in [6.45, 7) is 4.22. The molecule has 14 heavy (non-hydrogen) atoms. The standard InChI is InChI=1S/C10H15ClN2O/c1-10(2,4-6-14)13-8-3-5-12-9(11)7-8/h3,5,7,14H,4,6H2,1-2H3,(H,12,13). The van der Waals surface area contributed by atoms with Gasteiger partial charge in [0, 0.05) is 24.0 Å². The second kappa shape index (κ2) is 4.62. The van der Waals surface area contributed by atoms with Crippen molar-refractivity contribution in [2.24, 2.45) is 0 Å². The van der Waals surface area contributed by atoms with Gasteiger partial charge in [-0.2, -0.15) is 0 Å². The van der Waals surface area contributed by atoms with Gasteiger partial charge >= 0.3 is 0 Å². The molecule has 1 heterocycles. The minimum absolute atomic E-state index is 0.139. The average Bonchev–Trinajstić information content (AvgIpc) is 2.02. The van der Waals surface area contributed by atoms with Gasteiger partial charge in [-0.3, -0.25) is 0 Å². The highest BCUT2D eigenvalue weighted by atomic mass is 35.5. The van der Waals surface area contributed by atoms with E-state index in [-0.39, 0.29) is 12.1 Å². The average molecular weight is 215 g/mol. The van der Waals surface area contributed by atoms with Gasteiger partial charge in [-0.1, -0.05) is 11.6 Å². The van der Waals surface area contributed by atoms with Gasteiger partial charge in [0.05, 0.1) is 0 Å². The van der Waals surface area contributed by atoms with Crippen molar-refractivity contribution in [3.63, 3.8) is 0 Å². The summed E-state index contributed by atoms with van der Waals surface area (Å²) in [6.07, 6.45) is 2.34. The van der Waals surface area contributed by atoms with Crippen molar-refractivity contribution >= 4 is 17.3 Å². The molecule has 2 N–H and O–H groups in total. The second-order valence-corrected chi connectivity index (χ2v) is 4.24. The zero-order valence-corrected chi connectivity index (χ0v) is 9.17. The summed E-state index contributed by atoms with van der Waals surface area (Å²) in [5.41, 5.74) is 0.780. The summed E-state index contributed by atoms with van der Waals surface area (Å²) < 4.78 is 0. The number of pyridine rings is 1. The van der Waals surface area contributed by atoms with Crippen LogP contribution in [0.3, 0.4) is 0 Å². The van der Waals surface area contributed by atoms with Gasteiger partial charge < -0.3 is 10.4 Å². The molecule has 4 heteroatoms. The van der Waals surface area contributed by atoms with Gasteiger partial charge in [0.2, 0.25) is 0 Å². The molecule has 0 unspecified atom stereocenters. The Balaban J connectivity index is 2.68. The van der Waals surface area contributed by atoms with E-state index in [9.17, 15) is 0 Å². The maximum Gasteiger partial charge on any atom is 0.131 e. The Labute approximate surface area is 89.1 Å². The maximum atomic E-state index is 8.86. The van der Waals surface area contributed by atoms with Crippen molar-refractivity contribution in [2.75, 3.05) is 11.9 Å². The maximum absolute atomic E-state index is 8.86. The lowest BCUT2D eigenvalue weighted by Gasteiger charge is -2.26. The fourth-order valence-corrected chi connectivity index (χ4v) is 1.39. The molecule has 0 fully saturated rings. The van der Waals surface area contributed by atoms with E-state index in [2.05, 4.69) is 10.3 Å². The van der Waals surface area contributed by atoms with Gasteiger partial charge in [0.1, 0.15) is 5.15 Å². The first kappa shape index (κ1) is 11.3. The van der Waals surface area contributed by atoms with Crippen LogP contribution in [0.15, 0.2) is 18.3 Å². The zero-order valence-electron chi connectivity index (χ0n) is 8.42. The summed E-state index contributed by atoms with van der Waals surface area (Å²) in [4.78, 5) is 3.89. The molecule has 1 rings (SSSR count). The number of aromatic nitrogens is 1. The van der Waals surface area contributed by atoms with Gasteiger partial charge in [0.25, 0.3) is 0 Å². The Morgan fingerprint density at radius 1 is 1.57 bits per heavy atom. The summed E-state index contributed by atoms with van der Waals surface area (Å²) in [5.74, 6) is 0. The zero-order chi connectivity index (χ0) is 10.6. The van der Waals surface area contributed by atoms with E-state index in [1.807, 2.05) is 19.9 Å². The van der Waals surface area contributed by atoms with Crippen molar-refractivity contribution < 1.29 is 5.11 Å². The normalized spacial score (nSPS) is 11.4. The van der Waals surface area contributed by atoms with E-state index in [0.29, 0.717) is 11.6 Å². The molecule has 0 aliphatic heterocycles. The van der Waals surface area contributed by atoms with Gasteiger partial charge in [-0.15, -0.1) is 0 Å². The van der Waals surface area contributed by atoms with Crippen LogP contribution < -0.4 is 5.32 Å². The first-order valence-electron chi connectivity index (χ1n) is 4.54. The highest BCUT2D eigenvalue weighted by Gasteiger charge is 2.16. The minimum Gasteiger partial charge on any atom is -0.396 e. The van der Waals surface area contributed by atoms with Crippen molar-refractivity contribution in [3.8, 4) is 0 Å². The Morgan fingerprint density at radius 3 is 2.86 bits per heavy atom. The Kier molecular flexibility index (Phi) is 3.72.